The number of thiazole rings is 1. The van der Waals surface area contributed by atoms with E-state index in [9.17, 15) is 13.2 Å². The monoisotopic (exact) mass is 310 g/mol. The van der Waals surface area contributed by atoms with Gasteiger partial charge in [-0.25, -0.2) is 8.42 Å². The lowest BCUT2D eigenvalue weighted by Crippen LogP contribution is -2.36. The van der Waals surface area contributed by atoms with Gasteiger partial charge in [0.05, 0.1) is 13.2 Å². The summed E-state index contributed by atoms with van der Waals surface area (Å²) in [4.78, 5) is 13.3. The number of hydrogen-bond acceptors (Lipinski definition) is 6. The van der Waals surface area contributed by atoms with Crippen LogP contribution in [-0.4, -0.2) is 58.2 Å². The van der Waals surface area contributed by atoms with Crippen LogP contribution in [-0.2, 0) is 19.5 Å². The van der Waals surface area contributed by atoms with Gasteiger partial charge >= 0.3 is 4.87 Å². The Morgan fingerprint density at radius 3 is 2.11 bits per heavy atom. The summed E-state index contributed by atoms with van der Waals surface area (Å²) in [5.74, 6) is 0. The molecule has 0 fully saturated rings. The molecule has 0 aromatic carbocycles. The average molecular weight is 310 g/mol. The Kier molecular flexibility index (Phi) is 6.14. The molecule has 1 aromatic rings. The van der Waals surface area contributed by atoms with Gasteiger partial charge in [0.15, 0.2) is 4.21 Å². The molecule has 1 N–H and O–H groups in total. The number of aromatic amines is 1. The lowest BCUT2D eigenvalue weighted by molar-refractivity contribution is 0.150. The van der Waals surface area contributed by atoms with Crippen molar-refractivity contribution in [1.82, 2.24) is 9.29 Å². The Bertz CT molecular complexity index is 541. The number of methoxy groups -OCH3 is 2. The average Bonchev–Trinajstić information content (AvgIpc) is 2.69. The van der Waals surface area contributed by atoms with Gasteiger partial charge in [0.25, 0.3) is 10.0 Å². The van der Waals surface area contributed by atoms with E-state index in [1.165, 1.54) is 18.5 Å². The van der Waals surface area contributed by atoms with Gasteiger partial charge in [0, 0.05) is 33.0 Å². The molecular formula is C10H18N2O5S2. The SMILES string of the molecule is COCCN(CCOC)S(=O)(=O)c1sc(=O)[nH]c1C. The van der Waals surface area contributed by atoms with Crippen LogP contribution in [0.4, 0.5) is 0 Å². The number of sulfonamides is 1. The van der Waals surface area contributed by atoms with Gasteiger partial charge in [0.1, 0.15) is 0 Å². The van der Waals surface area contributed by atoms with Crippen LogP contribution in [0.15, 0.2) is 9.00 Å². The smallest absolute Gasteiger partial charge is 0.305 e. The van der Waals surface area contributed by atoms with Gasteiger partial charge in [-0.15, -0.1) is 0 Å². The molecule has 0 spiro atoms. The van der Waals surface area contributed by atoms with Gasteiger partial charge < -0.3 is 14.5 Å². The van der Waals surface area contributed by atoms with E-state index in [1.54, 1.807) is 6.92 Å². The molecule has 0 unspecified atom stereocenters. The number of aryl methyl sites for hydroxylation is 1. The lowest BCUT2D eigenvalue weighted by atomic mass is 10.6. The highest BCUT2D eigenvalue weighted by Gasteiger charge is 2.28. The van der Waals surface area contributed by atoms with E-state index >= 15 is 0 Å². The molecule has 0 saturated heterocycles. The third kappa shape index (κ3) is 4.11. The van der Waals surface area contributed by atoms with Gasteiger partial charge in [-0.1, -0.05) is 11.3 Å². The predicted molar refractivity (Wildman–Crippen MR) is 72.2 cm³/mol. The fourth-order valence-electron chi connectivity index (χ4n) is 1.49. The van der Waals surface area contributed by atoms with Crippen molar-refractivity contribution in [2.75, 3.05) is 40.5 Å². The van der Waals surface area contributed by atoms with Crippen LogP contribution in [0.2, 0.25) is 0 Å². The van der Waals surface area contributed by atoms with Crippen molar-refractivity contribution in [3.8, 4) is 0 Å². The third-order valence-corrected chi connectivity index (χ3v) is 5.93. The first kappa shape index (κ1) is 16.3. The van der Waals surface area contributed by atoms with Crippen LogP contribution >= 0.6 is 11.3 Å². The standard InChI is InChI=1S/C10H18N2O5S2/c1-8-9(18-10(13)11-8)19(14,15)12(4-6-16-2)5-7-17-3/h4-7H2,1-3H3,(H,11,13). The van der Waals surface area contributed by atoms with Crippen molar-refractivity contribution in [3.63, 3.8) is 0 Å². The number of aromatic nitrogens is 1. The summed E-state index contributed by atoms with van der Waals surface area (Å²) in [7, 11) is -0.693. The van der Waals surface area contributed by atoms with Gasteiger partial charge in [0.2, 0.25) is 0 Å². The number of ether oxygens (including phenoxy) is 2. The molecule has 19 heavy (non-hydrogen) atoms. The molecule has 1 heterocycles. The Labute approximate surface area is 116 Å². The summed E-state index contributed by atoms with van der Waals surface area (Å²) in [5.41, 5.74) is 0.356. The van der Waals surface area contributed by atoms with Crippen LogP contribution in [0.3, 0.4) is 0 Å². The molecular weight excluding hydrogens is 292 g/mol. The van der Waals surface area contributed by atoms with E-state index < -0.39 is 10.0 Å². The predicted octanol–water partition coefficient (Wildman–Crippen LogP) is 0.0283. The van der Waals surface area contributed by atoms with Crippen LogP contribution < -0.4 is 4.87 Å². The zero-order chi connectivity index (χ0) is 14.5. The Morgan fingerprint density at radius 1 is 1.21 bits per heavy atom. The molecule has 9 heteroatoms. The molecule has 0 aliphatic rings. The Morgan fingerprint density at radius 2 is 1.74 bits per heavy atom. The molecule has 0 aliphatic carbocycles. The minimum atomic E-state index is -3.69. The fourth-order valence-corrected chi connectivity index (χ4v) is 4.34. The second kappa shape index (κ2) is 7.15. The minimum absolute atomic E-state index is 0.0460. The first-order chi connectivity index (χ1) is 8.93. The topological polar surface area (TPSA) is 88.7 Å². The molecule has 0 atom stereocenters. The number of H-pyrrole nitrogens is 1. The molecule has 1 aromatic heterocycles. The lowest BCUT2D eigenvalue weighted by Gasteiger charge is -2.20. The summed E-state index contributed by atoms with van der Waals surface area (Å²) >= 11 is 0.694. The molecule has 0 radical (unpaired) electrons. The first-order valence-corrected chi connectivity index (χ1v) is 7.87. The second-order valence-corrected chi connectivity index (χ2v) is 6.93. The molecule has 0 aliphatic heterocycles. The fraction of sp³-hybridized carbons (Fsp3) is 0.700. The van der Waals surface area contributed by atoms with Crippen molar-refractivity contribution < 1.29 is 17.9 Å². The van der Waals surface area contributed by atoms with E-state index in [2.05, 4.69) is 4.98 Å². The van der Waals surface area contributed by atoms with Crippen LogP contribution in [0, 0.1) is 6.92 Å². The maximum Gasteiger partial charge on any atom is 0.305 e. The number of hydrogen-bond donors (Lipinski definition) is 1. The molecule has 7 nitrogen and oxygen atoms in total. The van der Waals surface area contributed by atoms with Crippen molar-refractivity contribution in [1.29, 1.82) is 0 Å². The third-order valence-electron chi connectivity index (χ3n) is 2.44. The highest BCUT2D eigenvalue weighted by Crippen LogP contribution is 2.20. The van der Waals surface area contributed by atoms with E-state index in [0.717, 1.165) is 0 Å². The van der Waals surface area contributed by atoms with Crippen molar-refractivity contribution in [2.45, 2.75) is 11.1 Å². The molecule has 1 rings (SSSR count). The molecule has 110 valence electrons. The van der Waals surface area contributed by atoms with Gasteiger partial charge in [-0.3, -0.25) is 4.79 Å². The summed E-state index contributed by atoms with van der Waals surface area (Å²) < 4.78 is 36.0. The van der Waals surface area contributed by atoms with E-state index in [-0.39, 0.29) is 35.4 Å². The number of rotatable bonds is 8. The number of nitrogens with zero attached hydrogens (tertiary/aromatic N) is 1. The summed E-state index contributed by atoms with van der Waals surface area (Å²) in [6.07, 6.45) is 0. The second-order valence-electron chi connectivity index (χ2n) is 3.82. The maximum atomic E-state index is 12.4. The molecule has 0 saturated carbocycles. The van der Waals surface area contributed by atoms with Gasteiger partial charge in [-0.2, -0.15) is 4.31 Å². The summed E-state index contributed by atoms with van der Waals surface area (Å²) in [6.45, 7) is 2.56. The zero-order valence-corrected chi connectivity index (χ0v) is 12.8. The highest BCUT2D eigenvalue weighted by molar-refractivity contribution is 7.91. The normalized spacial score (nSPS) is 12.2. The summed E-state index contributed by atoms with van der Waals surface area (Å²) in [6, 6.07) is 0. The van der Waals surface area contributed by atoms with Crippen LogP contribution in [0.25, 0.3) is 0 Å². The van der Waals surface area contributed by atoms with Crippen molar-refractivity contribution in [2.24, 2.45) is 0 Å². The maximum absolute atomic E-state index is 12.4. The van der Waals surface area contributed by atoms with E-state index in [1.807, 2.05) is 0 Å². The minimum Gasteiger partial charge on any atom is -0.383 e. The highest BCUT2D eigenvalue weighted by atomic mass is 32.2. The van der Waals surface area contributed by atoms with Gasteiger partial charge in [-0.05, 0) is 6.92 Å². The van der Waals surface area contributed by atoms with Crippen molar-refractivity contribution in [3.05, 3.63) is 15.4 Å². The summed E-state index contributed by atoms with van der Waals surface area (Å²) in [5, 5.41) is 0. The quantitative estimate of drug-likeness (QED) is 0.732. The Balaban J connectivity index is 3.04. The zero-order valence-electron chi connectivity index (χ0n) is 11.1. The molecule has 0 bridgehead atoms. The van der Waals surface area contributed by atoms with Crippen molar-refractivity contribution >= 4 is 21.4 Å². The van der Waals surface area contributed by atoms with Crippen LogP contribution in [0.5, 0.6) is 0 Å². The van der Waals surface area contributed by atoms with E-state index in [4.69, 9.17) is 9.47 Å². The molecule has 0 amide bonds. The van der Waals surface area contributed by atoms with E-state index in [0.29, 0.717) is 17.0 Å². The first-order valence-electron chi connectivity index (χ1n) is 5.61. The van der Waals surface area contributed by atoms with Crippen LogP contribution in [0.1, 0.15) is 5.69 Å². The Hall–Kier alpha value is -0.740. The largest absolute Gasteiger partial charge is 0.383 e. The number of nitrogens with one attached hydrogen (secondary N) is 1.